The van der Waals surface area contributed by atoms with E-state index in [9.17, 15) is 4.79 Å². The molecule has 5 nitrogen and oxygen atoms in total. The van der Waals surface area contributed by atoms with Crippen LogP contribution in [0.4, 0.5) is 0 Å². The number of nitrogens with one attached hydrogen (secondary N) is 1. The van der Waals surface area contributed by atoms with Gasteiger partial charge in [-0.05, 0) is 31.9 Å². The van der Waals surface area contributed by atoms with Crippen molar-refractivity contribution >= 4 is 17.2 Å². The summed E-state index contributed by atoms with van der Waals surface area (Å²) in [5, 5.41) is 5.36. The van der Waals surface area contributed by atoms with Crippen LogP contribution in [0.1, 0.15) is 33.9 Å². The molecule has 0 unspecified atom stereocenters. The summed E-state index contributed by atoms with van der Waals surface area (Å²) >= 11 is 1.41. The van der Waals surface area contributed by atoms with Crippen molar-refractivity contribution in [1.82, 2.24) is 10.3 Å². The van der Waals surface area contributed by atoms with Crippen LogP contribution in [-0.2, 0) is 6.54 Å². The number of carbonyl (C=O) groups is 1. The molecule has 2 aromatic rings. The molecule has 0 bridgehead atoms. The maximum atomic E-state index is 11.8. The molecular formula is C16H21N3O2S. The molecule has 3 N–H and O–H groups in total. The topological polar surface area (TPSA) is 77.2 Å². The number of aryl methyl sites for hydroxylation is 1. The summed E-state index contributed by atoms with van der Waals surface area (Å²) in [7, 11) is 0. The van der Waals surface area contributed by atoms with Crippen LogP contribution in [0.5, 0.6) is 5.75 Å². The average molecular weight is 319 g/mol. The molecule has 1 aromatic heterocycles. The van der Waals surface area contributed by atoms with E-state index in [1.807, 2.05) is 31.2 Å². The number of aromatic nitrogens is 1. The number of carbonyl (C=O) groups excluding carboxylic acids is 1. The highest BCUT2D eigenvalue weighted by Gasteiger charge is 2.09. The van der Waals surface area contributed by atoms with Gasteiger partial charge in [-0.15, -0.1) is 11.3 Å². The highest BCUT2D eigenvalue weighted by Crippen LogP contribution is 2.12. The normalized spacial score (nSPS) is 10.5. The van der Waals surface area contributed by atoms with E-state index in [0.717, 1.165) is 23.6 Å². The van der Waals surface area contributed by atoms with Crippen molar-refractivity contribution in [2.24, 2.45) is 5.73 Å². The molecule has 2 rings (SSSR count). The van der Waals surface area contributed by atoms with Gasteiger partial charge in [-0.3, -0.25) is 4.79 Å². The van der Waals surface area contributed by atoms with Gasteiger partial charge in [-0.2, -0.15) is 0 Å². The van der Waals surface area contributed by atoms with Crippen molar-refractivity contribution in [2.45, 2.75) is 26.3 Å². The van der Waals surface area contributed by atoms with Gasteiger partial charge >= 0.3 is 0 Å². The largest absolute Gasteiger partial charge is 0.494 e. The predicted octanol–water partition coefficient (Wildman–Crippen LogP) is 2.50. The zero-order valence-electron chi connectivity index (χ0n) is 12.7. The minimum Gasteiger partial charge on any atom is -0.494 e. The molecule has 118 valence electrons. The maximum Gasteiger partial charge on any atom is 0.270 e. The molecule has 1 aromatic carbocycles. The Morgan fingerprint density at radius 1 is 1.32 bits per heavy atom. The van der Waals surface area contributed by atoms with Gasteiger partial charge < -0.3 is 15.8 Å². The lowest BCUT2D eigenvalue weighted by molar-refractivity contribution is 0.0948. The monoisotopic (exact) mass is 319 g/mol. The van der Waals surface area contributed by atoms with E-state index in [4.69, 9.17) is 10.5 Å². The second kappa shape index (κ2) is 8.51. The van der Waals surface area contributed by atoms with Crippen LogP contribution in [-0.4, -0.2) is 24.0 Å². The number of ether oxygens (including phenoxy) is 1. The quantitative estimate of drug-likeness (QED) is 0.733. The third-order valence-corrected chi connectivity index (χ3v) is 3.98. The Morgan fingerprint density at radius 3 is 2.77 bits per heavy atom. The fourth-order valence-corrected chi connectivity index (χ4v) is 2.51. The Balaban J connectivity index is 1.59. The summed E-state index contributed by atoms with van der Waals surface area (Å²) < 4.78 is 5.63. The minimum atomic E-state index is -0.143. The Hall–Kier alpha value is -1.92. The van der Waals surface area contributed by atoms with Crippen LogP contribution < -0.4 is 15.8 Å². The van der Waals surface area contributed by atoms with Crippen LogP contribution in [0.25, 0.3) is 0 Å². The number of nitrogens with zero attached hydrogens (tertiary/aromatic N) is 1. The van der Waals surface area contributed by atoms with Gasteiger partial charge in [-0.1, -0.05) is 17.7 Å². The third kappa shape index (κ3) is 5.13. The standard InChI is InChI=1S/C16H21N3O2S/c1-12-4-6-13(7-5-12)21-9-3-2-8-18-16(20)14-11-22-15(10-17)19-14/h4-7,11H,2-3,8-10,17H2,1H3,(H,18,20). The van der Waals surface area contributed by atoms with Crippen LogP contribution in [0.2, 0.25) is 0 Å². The van der Waals surface area contributed by atoms with Crippen LogP contribution in [0.15, 0.2) is 29.6 Å². The molecule has 0 radical (unpaired) electrons. The van der Waals surface area contributed by atoms with Crippen molar-refractivity contribution in [3.8, 4) is 5.75 Å². The smallest absolute Gasteiger partial charge is 0.270 e. The summed E-state index contributed by atoms with van der Waals surface area (Å²) in [6.45, 7) is 3.68. The fourth-order valence-electron chi connectivity index (χ4n) is 1.85. The van der Waals surface area contributed by atoms with Gasteiger partial charge in [0.1, 0.15) is 16.5 Å². The van der Waals surface area contributed by atoms with Gasteiger partial charge in [-0.25, -0.2) is 4.98 Å². The summed E-state index contributed by atoms with van der Waals surface area (Å²) in [6.07, 6.45) is 1.75. The molecule has 0 atom stereocenters. The van der Waals surface area contributed by atoms with Crippen molar-refractivity contribution in [1.29, 1.82) is 0 Å². The molecule has 1 heterocycles. The third-order valence-electron chi connectivity index (χ3n) is 3.11. The van der Waals surface area contributed by atoms with Crippen molar-refractivity contribution in [3.05, 3.63) is 45.9 Å². The lowest BCUT2D eigenvalue weighted by Gasteiger charge is -2.07. The summed E-state index contributed by atoms with van der Waals surface area (Å²) in [4.78, 5) is 16.0. The lowest BCUT2D eigenvalue weighted by atomic mass is 10.2. The number of amides is 1. The van der Waals surface area contributed by atoms with E-state index < -0.39 is 0 Å². The molecule has 0 aliphatic rings. The Kier molecular flexibility index (Phi) is 6.36. The van der Waals surface area contributed by atoms with Crippen molar-refractivity contribution in [3.63, 3.8) is 0 Å². The zero-order valence-corrected chi connectivity index (χ0v) is 13.5. The molecular weight excluding hydrogens is 298 g/mol. The number of rotatable bonds is 8. The Bertz CT molecular complexity index is 596. The molecule has 0 aliphatic carbocycles. The molecule has 6 heteroatoms. The number of thiazole rings is 1. The SMILES string of the molecule is Cc1ccc(OCCCCNC(=O)c2csc(CN)n2)cc1. The first-order valence-corrected chi connectivity index (χ1v) is 8.19. The second-order valence-corrected chi connectivity index (χ2v) is 5.90. The Morgan fingerprint density at radius 2 is 2.09 bits per heavy atom. The van der Waals surface area contributed by atoms with Crippen LogP contribution in [0, 0.1) is 6.92 Å². The first kappa shape index (κ1) is 16.5. The Labute approximate surface area is 134 Å². The minimum absolute atomic E-state index is 0.143. The van der Waals surface area contributed by atoms with Gasteiger partial charge in [0.15, 0.2) is 0 Å². The number of hydrogen-bond donors (Lipinski definition) is 2. The lowest BCUT2D eigenvalue weighted by Crippen LogP contribution is -2.25. The number of nitrogens with two attached hydrogens (primary N) is 1. The summed E-state index contributed by atoms with van der Waals surface area (Å²) in [5.41, 5.74) is 7.14. The molecule has 0 fully saturated rings. The molecule has 0 aliphatic heterocycles. The van der Waals surface area contributed by atoms with Gasteiger partial charge in [0.25, 0.3) is 5.91 Å². The number of hydrogen-bond acceptors (Lipinski definition) is 5. The first-order valence-electron chi connectivity index (χ1n) is 7.31. The molecule has 1 amide bonds. The molecule has 0 spiro atoms. The summed E-state index contributed by atoms with van der Waals surface area (Å²) in [5.74, 6) is 0.738. The van der Waals surface area contributed by atoms with Crippen molar-refractivity contribution < 1.29 is 9.53 Å². The van der Waals surface area contributed by atoms with Gasteiger partial charge in [0.05, 0.1) is 6.61 Å². The van der Waals surface area contributed by atoms with E-state index in [2.05, 4.69) is 10.3 Å². The highest BCUT2D eigenvalue weighted by molar-refractivity contribution is 7.09. The maximum absolute atomic E-state index is 11.8. The van der Waals surface area contributed by atoms with Crippen LogP contribution in [0.3, 0.4) is 0 Å². The fraction of sp³-hybridized carbons (Fsp3) is 0.375. The van der Waals surface area contributed by atoms with Gasteiger partial charge in [0, 0.05) is 18.5 Å². The van der Waals surface area contributed by atoms with Crippen molar-refractivity contribution in [2.75, 3.05) is 13.2 Å². The number of benzene rings is 1. The second-order valence-electron chi connectivity index (χ2n) is 4.96. The highest BCUT2D eigenvalue weighted by atomic mass is 32.1. The zero-order chi connectivity index (χ0) is 15.8. The predicted molar refractivity (Wildman–Crippen MR) is 88.2 cm³/mol. The first-order chi connectivity index (χ1) is 10.7. The van der Waals surface area contributed by atoms with Crippen LogP contribution >= 0.6 is 11.3 Å². The van der Waals surface area contributed by atoms with E-state index in [0.29, 0.717) is 25.4 Å². The van der Waals surface area contributed by atoms with Gasteiger partial charge in [0.2, 0.25) is 0 Å². The van der Waals surface area contributed by atoms with E-state index >= 15 is 0 Å². The van der Waals surface area contributed by atoms with E-state index in [1.54, 1.807) is 5.38 Å². The van der Waals surface area contributed by atoms with E-state index in [-0.39, 0.29) is 5.91 Å². The molecule has 0 saturated carbocycles. The summed E-state index contributed by atoms with van der Waals surface area (Å²) in [6, 6.07) is 7.99. The number of unbranched alkanes of at least 4 members (excludes halogenated alkanes) is 1. The van der Waals surface area contributed by atoms with E-state index in [1.165, 1.54) is 16.9 Å². The molecule has 0 saturated heterocycles. The average Bonchev–Trinajstić information content (AvgIpc) is 3.01. The molecule has 22 heavy (non-hydrogen) atoms.